The van der Waals surface area contributed by atoms with Crippen LogP contribution in [0.25, 0.3) is 84.0 Å². The lowest BCUT2D eigenvalue weighted by atomic mass is 9.96. The Kier molecular flexibility index (Phi) is 5.16. The van der Waals surface area contributed by atoms with Crippen molar-refractivity contribution in [1.29, 1.82) is 0 Å². The van der Waals surface area contributed by atoms with Crippen LogP contribution in [0.1, 0.15) is 0 Å². The molecule has 0 radical (unpaired) electrons. The number of hydrogen-bond acceptors (Lipinski definition) is 1. The van der Waals surface area contributed by atoms with Gasteiger partial charge in [0.1, 0.15) is 5.65 Å². The Hall–Kier alpha value is -5.47. The predicted octanol–water partition coefficient (Wildman–Crippen LogP) is 8.66. The van der Waals surface area contributed by atoms with Crippen molar-refractivity contribution in [2.75, 3.05) is 0 Å². The number of aromatic nitrogens is 2. The van der Waals surface area contributed by atoms with Crippen molar-refractivity contribution >= 4 is 61.8 Å². The van der Waals surface area contributed by atoms with Crippen LogP contribution >= 0.6 is 0 Å². The molecule has 8 rings (SSSR count). The highest BCUT2D eigenvalue weighted by Gasteiger charge is 2.15. The van der Waals surface area contributed by atoms with E-state index in [2.05, 4.69) is 139 Å². The molecule has 8 aromatic rings. The third-order valence-electron chi connectivity index (χ3n) is 8.23. The molecule has 2 aromatic heterocycles. The molecule has 6 aromatic carbocycles. The monoisotopic (exact) mass is 522 g/mol. The maximum absolute atomic E-state index is 5.07. The van der Waals surface area contributed by atoms with Crippen molar-refractivity contribution in [3.8, 4) is 22.3 Å². The first kappa shape index (κ1) is 23.4. The molecule has 0 saturated carbocycles. The highest BCUT2D eigenvalue weighted by Crippen LogP contribution is 2.34. The lowest BCUT2D eigenvalue weighted by Gasteiger charge is -2.12. The van der Waals surface area contributed by atoms with Crippen LogP contribution in [0, 0.1) is 0 Å². The molecule has 0 aliphatic carbocycles. The predicted molar refractivity (Wildman–Crippen MR) is 176 cm³/mol. The Morgan fingerprint density at radius 3 is 2.07 bits per heavy atom. The second kappa shape index (κ2) is 9.04. The Labute approximate surface area is 237 Å². The maximum Gasteiger partial charge on any atom is 0.146 e. The molecule has 2 heterocycles. The van der Waals surface area contributed by atoms with Crippen LogP contribution in [0.5, 0.6) is 0 Å². The van der Waals surface area contributed by atoms with E-state index in [1.807, 2.05) is 12.1 Å². The molecule has 2 heteroatoms. The van der Waals surface area contributed by atoms with Gasteiger partial charge in [-0.1, -0.05) is 110 Å². The van der Waals surface area contributed by atoms with E-state index in [4.69, 9.17) is 4.98 Å². The average Bonchev–Trinajstić information content (AvgIpc) is 3.42. The number of fused-ring (bicyclic) bond motifs is 9. The van der Waals surface area contributed by atoms with Gasteiger partial charge in [0.25, 0.3) is 0 Å². The Balaban J connectivity index is 1.37. The van der Waals surface area contributed by atoms with Crippen LogP contribution in [0.3, 0.4) is 0 Å². The first-order chi connectivity index (χ1) is 20.2. The van der Waals surface area contributed by atoms with E-state index in [1.54, 1.807) is 0 Å². The lowest BCUT2D eigenvalue weighted by molar-refractivity contribution is 1.31. The molecule has 0 atom stereocenters. The summed E-state index contributed by atoms with van der Waals surface area (Å²) in [5, 5.41) is 8.01. The Bertz CT molecular complexity index is 2440. The van der Waals surface area contributed by atoms with Gasteiger partial charge in [0.2, 0.25) is 0 Å². The molecule has 0 N–H and O–H groups in total. The molecular weight excluding hydrogens is 496 g/mol. The first-order valence-electron chi connectivity index (χ1n) is 13.9. The van der Waals surface area contributed by atoms with Crippen LogP contribution in [-0.4, -0.2) is 9.38 Å². The van der Waals surface area contributed by atoms with Crippen molar-refractivity contribution in [2.24, 2.45) is 0 Å². The van der Waals surface area contributed by atoms with Crippen LogP contribution in [0.4, 0.5) is 0 Å². The summed E-state index contributed by atoms with van der Waals surface area (Å²) >= 11 is 0. The summed E-state index contributed by atoms with van der Waals surface area (Å²) in [6, 6.07) is 43.4. The number of pyridine rings is 1. The zero-order valence-electron chi connectivity index (χ0n) is 22.5. The summed E-state index contributed by atoms with van der Waals surface area (Å²) < 4.78 is 2.29. The van der Waals surface area contributed by atoms with Gasteiger partial charge >= 0.3 is 0 Å². The summed E-state index contributed by atoms with van der Waals surface area (Å²) in [7, 11) is 0. The van der Waals surface area contributed by atoms with Crippen molar-refractivity contribution in [3.05, 3.63) is 144 Å². The molecule has 0 unspecified atom stereocenters. The number of rotatable bonds is 3. The second-order valence-corrected chi connectivity index (χ2v) is 10.6. The highest BCUT2D eigenvalue weighted by atomic mass is 15.0. The van der Waals surface area contributed by atoms with E-state index in [0.29, 0.717) is 0 Å². The Morgan fingerprint density at radius 1 is 0.585 bits per heavy atom. The fraction of sp³-hybridized carbons (Fsp3) is 0. The third-order valence-corrected chi connectivity index (χ3v) is 8.23. The minimum Gasteiger partial charge on any atom is -0.292 e. The van der Waals surface area contributed by atoms with Gasteiger partial charge in [-0.2, -0.15) is 0 Å². The summed E-state index contributed by atoms with van der Waals surface area (Å²) in [6.07, 6.45) is 3.91. The van der Waals surface area contributed by atoms with Gasteiger partial charge < -0.3 is 0 Å². The largest absolute Gasteiger partial charge is 0.292 e. The third kappa shape index (κ3) is 3.62. The van der Waals surface area contributed by atoms with Gasteiger partial charge in [-0.3, -0.25) is 4.40 Å². The summed E-state index contributed by atoms with van der Waals surface area (Å²) in [5.41, 5.74) is 8.97. The van der Waals surface area contributed by atoms with Gasteiger partial charge in [0, 0.05) is 16.2 Å². The van der Waals surface area contributed by atoms with Crippen LogP contribution in [0.15, 0.2) is 134 Å². The molecule has 0 saturated heterocycles. The summed E-state index contributed by atoms with van der Waals surface area (Å²) in [5.74, 6) is 0. The number of allylic oxidation sites excluding steroid dienone is 1. The van der Waals surface area contributed by atoms with Gasteiger partial charge in [-0.05, 0) is 79.9 Å². The second-order valence-electron chi connectivity index (χ2n) is 10.6. The normalized spacial score (nSPS) is 12.2. The van der Waals surface area contributed by atoms with Crippen LogP contribution in [0.2, 0.25) is 0 Å². The molecule has 0 aliphatic rings. The minimum atomic E-state index is 0.958. The van der Waals surface area contributed by atoms with Crippen LogP contribution in [-0.2, 0) is 0 Å². The van der Waals surface area contributed by atoms with Gasteiger partial charge in [-0.15, -0.1) is 0 Å². The topological polar surface area (TPSA) is 17.3 Å². The van der Waals surface area contributed by atoms with E-state index >= 15 is 0 Å². The molecular formula is C39H26N2. The fourth-order valence-corrected chi connectivity index (χ4v) is 6.23. The SMILES string of the molecule is C=C/C=c1\c(=C)ccc2c1c1cc(-c3ccc(-c4ccc5ccccc5c4)cc3)ccc1n1c3ccccc3nc21. The first-order valence-corrected chi connectivity index (χ1v) is 13.9. The minimum absolute atomic E-state index is 0.958. The summed E-state index contributed by atoms with van der Waals surface area (Å²) in [4.78, 5) is 5.07. The van der Waals surface area contributed by atoms with Gasteiger partial charge in [-0.25, -0.2) is 4.98 Å². The maximum atomic E-state index is 5.07. The van der Waals surface area contributed by atoms with Crippen molar-refractivity contribution < 1.29 is 0 Å². The van der Waals surface area contributed by atoms with E-state index < -0.39 is 0 Å². The van der Waals surface area contributed by atoms with E-state index in [1.165, 1.54) is 38.4 Å². The number of para-hydroxylation sites is 2. The van der Waals surface area contributed by atoms with E-state index in [-0.39, 0.29) is 0 Å². The summed E-state index contributed by atoms with van der Waals surface area (Å²) in [6.45, 7) is 8.34. The molecule has 192 valence electrons. The molecule has 0 fully saturated rings. The zero-order valence-corrected chi connectivity index (χ0v) is 22.5. The van der Waals surface area contributed by atoms with E-state index in [9.17, 15) is 0 Å². The van der Waals surface area contributed by atoms with Crippen LogP contribution < -0.4 is 10.4 Å². The molecule has 0 aliphatic heterocycles. The average molecular weight is 523 g/mol. The number of hydrogen-bond donors (Lipinski definition) is 0. The number of benzene rings is 6. The highest BCUT2D eigenvalue weighted by molar-refractivity contribution is 6.15. The fourth-order valence-electron chi connectivity index (χ4n) is 6.23. The molecule has 0 spiro atoms. The van der Waals surface area contributed by atoms with E-state index in [0.717, 1.165) is 43.4 Å². The Morgan fingerprint density at radius 2 is 1.27 bits per heavy atom. The van der Waals surface area contributed by atoms with Gasteiger partial charge in [0.05, 0.1) is 16.6 Å². The number of nitrogens with zero attached hydrogens (tertiary/aromatic N) is 2. The van der Waals surface area contributed by atoms with Crippen molar-refractivity contribution in [3.63, 3.8) is 0 Å². The molecule has 0 amide bonds. The van der Waals surface area contributed by atoms with Gasteiger partial charge in [0.15, 0.2) is 0 Å². The molecule has 41 heavy (non-hydrogen) atoms. The number of imidazole rings is 1. The lowest BCUT2D eigenvalue weighted by Crippen LogP contribution is -2.23. The van der Waals surface area contributed by atoms with Crippen molar-refractivity contribution in [1.82, 2.24) is 9.38 Å². The molecule has 0 bridgehead atoms. The smallest absolute Gasteiger partial charge is 0.146 e. The quantitative estimate of drug-likeness (QED) is 0.212. The van der Waals surface area contributed by atoms with Crippen molar-refractivity contribution in [2.45, 2.75) is 0 Å². The standard InChI is InChI=1S/C39H26N2/c1-3-8-32-25(2)13-21-33-38(32)34-24-31(20-22-36(34)41-37-12-7-6-11-35(37)40-39(33)41)28-16-14-27(15-17-28)30-19-18-26-9-4-5-10-29(26)23-30/h3-24H,1-2H2/b32-8+. The molecule has 2 nitrogen and oxygen atoms in total. The zero-order chi connectivity index (χ0) is 27.5.